The maximum atomic E-state index is 11.7. The number of nitrogens with one attached hydrogen (secondary N) is 1. The first-order valence-electron chi connectivity index (χ1n) is 4.80. The van der Waals surface area contributed by atoms with Gasteiger partial charge in [0.2, 0.25) is 0 Å². The summed E-state index contributed by atoms with van der Waals surface area (Å²) in [6, 6.07) is 1.85. The molecule has 0 aliphatic heterocycles. The molecule has 1 fully saturated rings. The summed E-state index contributed by atoms with van der Waals surface area (Å²) >= 11 is 0. The van der Waals surface area contributed by atoms with Gasteiger partial charge in [-0.25, -0.2) is 5.48 Å². The monoisotopic (exact) mass is 236 g/mol. The molecule has 0 aromatic rings. The summed E-state index contributed by atoms with van der Waals surface area (Å²) < 4.78 is 35.2. The predicted molar refractivity (Wildman–Crippen MR) is 46.7 cm³/mol. The third-order valence-corrected chi connectivity index (χ3v) is 2.51. The van der Waals surface area contributed by atoms with E-state index in [0.717, 1.165) is 12.8 Å². The standard InChI is InChI=1S/C9H11F3N2O2/c10-9(11,12)6-16-14-7(15)8(5-13)3-1-2-4-8/h1-4,6H2,(H,14,15). The number of alkyl halides is 3. The van der Waals surface area contributed by atoms with E-state index in [1.54, 1.807) is 5.48 Å². The van der Waals surface area contributed by atoms with Gasteiger partial charge in [-0.05, 0) is 12.8 Å². The van der Waals surface area contributed by atoms with E-state index in [9.17, 15) is 18.0 Å². The van der Waals surface area contributed by atoms with Gasteiger partial charge in [0, 0.05) is 0 Å². The van der Waals surface area contributed by atoms with E-state index >= 15 is 0 Å². The number of hydroxylamine groups is 1. The highest BCUT2D eigenvalue weighted by Gasteiger charge is 2.42. The van der Waals surface area contributed by atoms with Crippen molar-refractivity contribution in [2.24, 2.45) is 5.41 Å². The molecule has 0 radical (unpaired) electrons. The van der Waals surface area contributed by atoms with Crippen molar-refractivity contribution in [3.63, 3.8) is 0 Å². The molecule has 7 heteroatoms. The van der Waals surface area contributed by atoms with Crippen LogP contribution >= 0.6 is 0 Å². The fraction of sp³-hybridized carbons (Fsp3) is 0.778. The minimum atomic E-state index is -4.50. The first-order chi connectivity index (χ1) is 7.40. The maximum Gasteiger partial charge on any atom is 0.414 e. The van der Waals surface area contributed by atoms with Crippen LogP contribution in [0.5, 0.6) is 0 Å². The van der Waals surface area contributed by atoms with Gasteiger partial charge < -0.3 is 0 Å². The predicted octanol–water partition coefficient (Wildman–Crippen LogP) is 1.68. The van der Waals surface area contributed by atoms with Gasteiger partial charge >= 0.3 is 6.18 Å². The fourth-order valence-electron chi connectivity index (χ4n) is 1.65. The second-order valence-corrected chi connectivity index (χ2v) is 3.74. The lowest BCUT2D eigenvalue weighted by Gasteiger charge is -2.18. The Morgan fingerprint density at radius 1 is 1.44 bits per heavy atom. The van der Waals surface area contributed by atoms with E-state index in [1.165, 1.54) is 0 Å². The molecule has 0 saturated heterocycles. The van der Waals surface area contributed by atoms with Crippen molar-refractivity contribution in [1.29, 1.82) is 5.26 Å². The minimum Gasteiger partial charge on any atom is -0.271 e. The first-order valence-corrected chi connectivity index (χ1v) is 4.80. The number of halogens is 3. The van der Waals surface area contributed by atoms with Crippen molar-refractivity contribution < 1.29 is 22.8 Å². The van der Waals surface area contributed by atoms with Gasteiger partial charge in [0.25, 0.3) is 5.91 Å². The smallest absolute Gasteiger partial charge is 0.271 e. The van der Waals surface area contributed by atoms with E-state index in [4.69, 9.17) is 5.26 Å². The number of nitrogens with zero attached hydrogens (tertiary/aromatic N) is 1. The zero-order valence-corrected chi connectivity index (χ0v) is 8.43. The highest BCUT2D eigenvalue weighted by atomic mass is 19.4. The summed E-state index contributed by atoms with van der Waals surface area (Å²) in [6.45, 7) is -1.56. The molecule has 16 heavy (non-hydrogen) atoms. The Labute approximate surface area is 90.3 Å². The Morgan fingerprint density at radius 2 is 2.00 bits per heavy atom. The molecule has 0 bridgehead atoms. The van der Waals surface area contributed by atoms with Crippen molar-refractivity contribution in [2.45, 2.75) is 31.9 Å². The molecule has 1 rings (SSSR count). The molecule has 1 saturated carbocycles. The molecule has 1 aliphatic carbocycles. The minimum absolute atomic E-state index is 0.366. The maximum absolute atomic E-state index is 11.7. The van der Waals surface area contributed by atoms with Crippen LogP contribution in [-0.2, 0) is 9.63 Å². The average Bonchev–Trinajstić information content (AvgIpc) is 2.65. The second kappa shape index (κ2) is 4.70. The van der Waals surface area contributed by atoms with Crippen molar-refractivity contribution in [3.05, 3.63) is 0 Å². The Balaban J connectivity index is 2.43. The first kappa shape index (κ1) is 12.8. The number of nitriles is 1. The number of hydrogen-bond acceptors (Lipinski definition) is 3. The van der Waals surface area contributed by atoms with Gasteiger partial charge in [0.05, 0.1) is 6.07 Å². The summed E-state index contributed by atoms with van der Waals surface area (Å²) in [5.41, 5.74) is 0.475. The Morgan fingerprint density at radius 3 is 2.44 bits per heavy atom. The Hall–Kier alpha value is -1.29. The summed E-state index contributed by atoms with van der Waals surface area (Å²) in [6.07, 6.45) is -2.32. The van der Waals surface area contributed by atoms with Crippen LogP contribution in [0.2, 0.25) is 0 Å². The van der Waals surface area contributed by atoms with Gasteiger partial charge in [-0.15, -0.1) is 0 Å². The van der Waals surface area contributed by atoms with Crippen molar-refractivity contribution in [3.8, 4) is 6.07 Å². The number of carbonyl (C=O) groups is 1. The van der Waals surface area contributed by atoms with Crippen LogP contribution in [0.4, 0.5) is 13.2 Å². The number of carbonyl (C=O) groups excluding carboxylic acids is 1. The molecule has 0 aromatic carbocycles. The summed E-state index contributed by atoms with van der Waals surface area (Å²) in [7, 11) is 0. The molecule has 4 nitrogen and oxygen atoms in total. The molecule has 0 atom stereocenters. The van der Waals surface area contributed by atoms with E-state index in [-0.39, 0.29) is 0 Å². The van der Waals surface area contributed by atoms with Crippen LogP contribution in [0.25, 0.3) is 0 Å². The van der Waals surface area contributed by atoms with Crippen LogP contribution < -0.4 is 5.48 Å². The summed E-state index contributed by atoms with van der Waals surface area (Å²) in [5.74, 6) is -0.781. The topological polar surface area (TPSA) is 62.1 Å². The largest absolute Gasteiger partial charge is 0.414 e. The molecule has 0 spiro atoms. The third-order valence-electron chi connectivity index (χ3n) is 2.51. The number of rotatable bonds is 3. The molecule has 1 aliphatic rings. The van der Waals surface area contributed by atoms with Crippen LogP contribution in [0.15, 0.2) is 0 Å². The van der Waals surface area contributed by atoms with Crippen LogP contribution in [0, 0.1) is 16.7 Å². The van der Waals surface area contributed by atoms with Gasteiger partial charge in [-0.1, -0.05) is 12.8 Å². The number of hydrogen-bond donors (Lipinski definition) is 1. The van der Waals surface area contributed by atoms with E-state index < -0.39 is 24.1 Å². The van der Waals surface area contributed by atoms with Gasteiger partial charge in [-0.2, -0.15) is 18.4 Å². The van der Waals surface area contributed by atoms with Gasteiger partial charge in [0.15, 0.2) is 6.61 Å². The quantitative estimate of drug-likeness (QED) is 0.758. The van der Waals surface area contributed by atoms with E-state index in [1.807, 2.05) is 6.07 Å². The van der Waals surface area contributed by atoms with Gasteiger partial charge in [0.1, 0.15) is 5.41 Å². The fourth-order valence-corrected chi connectivity index (χ4v) is 1.65. The molecule has 1 amide bonds. The summed E-state index contributed by atoms with van der Waals surface area (Å²) in [5, 5.41) is 8.86. The van der Waals surface area contributed by atoms with E-state index in [0.29, 0.717) is 12.8 Å². The average molecular weight is 236 g/mol. The second-order valence-electron chi connectivity index (χ2n) is 3.74. The van der Waals surface area contributed by atoms with E-state index in [2.05, 4.69) is 4.84 Å². The molecule has 0 aromatic heterocycles. The van der Waals surface area contributed by atoms with Crippen molar-refractivity contribution in [1.82, 2.24) is 5.48 Å². The normalized spacial score (nSPS) is 19.1. The number of amides is 1. The zero-order chi connectivity index (χ0) is 12.2. The summed E-state index contributed by atoms with van der Waals surface area (Å²) in [4.78, 5) is 15.5. The molecule has 0 heterocycles. The SMILES string of the molecule is N#CC1(C(=O)NOCC(F)(F)F)CCCC1. The lowest BCUT2D eigenvalue weighted by atomic mass is 9.87. The van der Waals surface area contributed by atoms with Crippen LogP contribution in [0.3, 0.4) is 0 Å². The highest BCUT2D eigenvalue weighted by molar-refractivity contribution is 5.84. The van der Waals surface area contributed by atoms with Crippen molar-refractivity contribution in [2.75, 3.05) is 6.61 Å². The third kappa shape index (κ3) is 3.10. The van der Waals surface area contributed by atoms with Crippen LogP contribution in [-0.4, -0.2) is 18.7 Å². The molecule has 0 unspecified atom stereocenters. The Kier molecular flexibility index (Phi) is 3.75. The Bertz CT molecular complexity index is 303. The lowest BCUT2D eigenvalue weighted by Crippen LogP contribution is -2.39. The highest BCUT2D eigenvalue weighted by Crippen LogP contribution is 2.37. The lowest BCUT2D eigenvalue weighted by molar-refractivity contribution is -0.193. The molecular weight excluding hydrogens is 225 g/mol. The zero-order valence-electron chi connectivity index (χ0n) is 8.43. The van der Waals surface area contributed by atoms with Crippen molar-refractivity contribution >= 4 is 5.91 Å². The molecular formula is C9H11F3N2O2. The molecule has 1 N–H and O–H groups in total. The van der Waals surface area contributed by atoms with Crippen LogP contribution in [0.1, 0.15) is 25.7 Å². The van der Waals surface area contributed by atoms with Gasteiger partial charge in [-0.3, -0.25) is 9.63 Å². The molecule has 90 valence electrons.